The van der Waals surface area contributed by atoms with Gasteiger partial charge in [-0.25, -0.2) is 0 Å². The average molecular weight is 484 g/mol. The monoisotopic (exact) mass is 483 g/mol. The minimum absolute atomic E-state index is 0.185. The van der Waals surface area contributed by atoms with Gasteiger partial charge < -0.3 is 15.1 Å². The van der Waals surface area contributed by atoms with Crippen LogP contribution >= 0.6 is 23.2 Å². The second kappa shape index (κ2) is 10.2. The van der Waals surface area contributed by atoms with E-state index in [0.29, 0.717) is 28.7 Å². The number of nitrogens with zero attached hydrogens (tertiary/aromatic N) is 2. The number of halogens is 2. The normalized spacial score (nSPS) is 16.9. The van der Waals surface area contributed by atoms with Crippen LogP contribution in [0.2, 0.25) is 10.0 Å². The fourth-order valence-corrected chi connectivity index (χ4v) is 4.23. The summed E-state index contributed by atoms with van der Waals surface area (Å²) in [6, 6.07) is 18.6. The van der Waals surface area contributed by atoms with Crippen molar-refractivity contribution in [3.8, 4) is 0 Å². The Bertz CT molecular complexity index is 1220. The highest BCUT2D eigenvalue weighted by molar-refractivity contribution is 6.42. The SMILES string of the molecule is CC(=O)N1CC(=NOCc2ccc(Cl)c(Cl)c2)C[C@H]1C(=O)NCc1cccc2ccccc12. The summed E-state index contributed by atoms with van der Waals surface area (Å²) >= 11 is 11.9. The molecule has 1 saturated heterocycles. The van der Waals surface area contributed by atoms with Crippen LogP contribution in [0.25, 0.3) is 10.8 Å². The van der Waals surface area contributed by atoms with Crippen LogP contribution in [0.4, 0.5) is 0 Å². The number of hydrogen-bond donors (Lipinski definition) is 1. The van der Waals surface area contributed by atoms with Crippen molar-refractivity contribution >= 4 is 51.5 Å². The molecule has 0 bridgehead atoms. The summed E-state index contributed by atoms with van der Waals surface area (Å²) in [7, 11) is 0. The Morgan fingerprint density at radius 2 is 1.88 bits per heavy atom. The van der Waals surface area contributed by atoms with Crippen LogP contribution in [-0.4, -0.2) is 35.0 Å². The van der Waals surface area contributed by atoms with Crippen molar-refractivity contribution in [1.29, 1.82) is 0 Å². The summed E-state index contributed by atoms with van der Waals surface area (Å²) in [4.78, 5) is 32.1. The van der Waals surface area contributed by atoms with E-state index >= 15 is 0 Å². The lowest BCUT2D eigenvalue weighted by molar-refractivity contribution is -0.136. The van der Waals surface area contributed by atoms with Crippen molar-refractivity contribution in [3.63, 3.8) is 0 Å². The highest BCUT2D eigenvalue weighted by atomic mass is 35.5. The molecule has 8 heteroatoms. The first-order chi connectivity index (χ1) is 15.9. The molecule has 33 heavy (non-hydrogen) atoms. The summed E-state index contributed by atoms with van der Waals surface area (Å²) in [5, 5.41) is 10.3. The predicted octanol–water partition coefficient (Wildman–Crippen LogP) is 4.96. The van der Waals surface area contributed by atoms with Gasteiger partial charge in [-0.3, -0.25) is 9.59 Å². The molecule has 6 nitrogen and oxygen atoms in total. The van der Waals surface area contributed by atoms with Crippen LogP contribution < -0.4 is 5.32 Å². The van der Waals surface area contributed by atoms with Crippen LogP contribution in [0, 0.1) is 0 Å². The van der Waals surface area contributed by atoms with Crippen LogP contribution in [0.15, 0.2) is 65.8 Å². The highest BCUT2D eigenvalue weighted by Gasteiger charge is 2.36. The summed E-state index contributed by atoms with van der Waals surface area (Å²) in [5.41, 5.74) is 2.47. The molecule has 170 valence electrons. The molecule has 1 aliphatic heterocycles. The lowest BCUT2D eigenvalue weighted by atomic mass is 10.0. The zero-order valence-corrected chi connectivity index (χ0v) is 19.6. The standard InChI is InChI=1S/C25H23Cl2N3O3/c1-16(31)30-14-20(29-33-15-17-9-10-22(26)23(27)11-17)12-24(30)25(32)28-13-19-7-4-6-18-5-2-3-8-21(18)19/h2-11,24H,12-15H2,1H3,(H,28,32)/t24-/m0/s1. The average Bonchev–Trinajstić information content (AvgIpc) is 3.24. The fraction of sp³-hybridized carbons (Fsp3) is 0.240. The third-order valence-corrected chi connectivity index (χ3v) is 6.35. The molecule has 2 amide bonds. The first-order valence-electron chi connectivity index (χ1n) is 10.6. The van der Waals surface area contributed by atoms with Gasteiger partial charge in [0.2, 0.25) is 11.8 Å². The van der Waals surface area contributed by atoms with E-state index in [9.17, 15) is 9.59 Å². The van der Waals surface area contributed by atoms with Crippen molar-refractivity contribution in [3.05, 3.63) is 81.8 Å². The Balaban J connectivity index is 1.39. The summed E-state index contributed by atoms with van der Waals surface area (Å²) in [5.74, 6) is -0.400. The van der Waals surface area contributed by atoms with Gasteiger partial charge in [-0.05, 0) is 34.0 Å². The predicted molar refractivity (Wildman–Crippen MR) is 130 cm³/mol. The number of hydrogen-bond acceptors (Lipinski definition) is 4. The van der Waals surface area contributed by atoms with Gasteiger partial charge in [0, 0.05) is 19.9 Å². The van der Waals surface area contributed by atoms with Crippen molar-refractivity contribution in [2.24, 2.45) is 5.16 Å². The maximum absolute atomic E-state index is 13.0. The van der Waals surface area contributed by atoms with E-state index in [4.69, 9.17) is 28.0 Å². The number of nitrogens with one attached hydrogen (secondary N) is 1. The Morgan fingerprint density at radius 1 is 1.09 bits per heavy atom. The van der Waals surface area contributed by atoms with Crippen LogP contribution in [0.5, 0.6) is 0 Å². The van der Waals surface area contributed by atoms with Gasteiger partial charge in [-0.15, -0.1) is 0 Å². The highest BCUT2D eigenvalue weighted by Crippen LogP contribution is 2.23. The Labute approximate surface area is 202 Å². The molecule has 3 aromatic rings. The van der Waals surface area contributed by atoms with E-state index in [1.165, 1.54) is 11.8 Å². The molecule has 0 spiro atoms. The smallest absolute Gasteiger partial charge is 0.243 e. The molecular weight excluding hydrogens is 461 g/mol. The maximum Gasteiger partial charge on any atom is 0.243 e. The zero-order valence-electron chi connectivity index (χ0n) is 18.1. The molecule has 1 N–H and O–H groups in total. The summed E-state index contributed by atoms with van der Waals surface area (Å²) in [6.45, 7) is 2.29. The quantitative estimate of drug-likeness (QED) is 0.503. The van der Waals surface area contributed by atoms with Crippen molar-refractivity contribution in [1.82, 2.24) is 10.2 Å². The van der Waals surface area contributed by atoms with E-state index < -0.39 is 6.04 Å². The Morgan fingerprint density at radius 3 is 2.67 bits per heavy atom. The van der Waals surface area contributed by atoms with Crippen molar-refractivity contribution < 1.29 is 14.4 Å². The van der Waals surface area contributed by atoms with E-state index in [-0.39, 0.29) is 25.0 Å². The number of oxime groups is 1. The minimum Gasteiger partial charge on any atom is -0.391 e. The van der Waals surface area contributed by atoms with Gasteiger partial charge in [0.1, 0.15) is 12.6 Å². The number of carbonyl (C=O) groups excluding carboxylic acids is 2. The van der Waals surface area contributed by atoms with E-state index in [1.807, 2.05) is 42.5 Å². The molecular formula is C25H23Cl2N3O3. The van der Waals surface area contributed by atoms with E-state index in [1.54, 1.807) is 18.2 Å². The first-order valence-corrected chi connectivity index (χ1v) is 11.3. The van der Waals surface area contributed by atoms with Crippen molar-refractivity contribution in [2.75, 3.05) is 6.54 Å². The molecule has 0 unspecified atom stereocenters. The lowest BCUT2D eigenvalue weighted by Gasteiger charge is -2.21. The number of fused-ring (bicyclic) bond motifs is 1. The van der Waals surface area contributed by atoms with Crippen molar-refractivity contribution in [2.45, 2.75) is 32.5 Å². The summed E-state index contributed by atoms with van der Waals surface area (Å²) < 4.78 is 0. The Kier molecular flexibility index (Phi) is 7.16. The third-order valence-electron chi connectivity index (χ3n) is 5.61. The second-order valence-electron chi connectivity index (χ2n) is 7.90. The molecule has 0 aromatic heterocycles. The topological polar surface area (TPSA) is 71.0 Å². The number of likely N-dealkylation sites (tertiary alicyclic amines) is 1. The number of rotatable bonds is 6. The largest absolute Gasteiger partial charge is 0.391 e. The number of carbonyl (C=O) groups is 2. The third kappa shape index (κ3) is 5.46. The van der Waals surface area contributed by atoms with E-state index in [2.05, 4.69) is 10.5 Å². The maximum atomic E-state index is 13.0. The fourth-order valence-electron chi connectivity index (χ4n) is 3.91. The second-order valence-corrected chi connectivity index (χ2v) is 8.72. The van der Waals surface area contributed by atoms with E-state index in [0.717, 1.165) is 21.9 Å². The molecule has 1 aliphatic rings. The molecule has 0 aliphatic carbocycles. The van der Waals surface area contributed by atoms with Crippen LogP contribution in [0.3, 0.4) is 0 Å². The first kappa shape index (κ1) is 23.1. The number of amides is 2. The van der Waals surface area contributed by atoms with Gasteiger partial charge >= 0.3 is 0 Å². The molecule has 3 aromatic carbocycles. The molecule has 1 heterocycles. The van der Waals surface area contributed by atoms with Gasteiger partial charge in [-0.2, -0.15) is 0 Å². The van der Waals surface area contributed by atoms with Crippen LogP contribution in [0.1, 0.15) is 24.5 Å². The van der Waals surface area contributed by atoms with Gasteiger partial charge in [0.25, 0.3) is 0 Å². The minimum atomic E-state index is -0.621. The molecule has 4 rings (SSSR count). The molecule has 1 fully saturated rings. The molecule has 1 atom stereocenters. The lowest BCUT2D eigenvalue weighted by Crippen LogP contribution is -2.44. The summed E-state index contributed by atoms with van der Waals surface area (Å²) in [6.07, 6.45) is 0.322. The Hall–Kier alpha value is -3.09. The van der Waals surface area contributed by atoms with Crippen LogP contribution in [-0.2, 0) is 27.6 Å². The van der Waals surface area contributed by atoms with Gasteiger partial charge in [0.05, 0.1) is 22.3 Å². The zero-order chi connectivity index (χ0) is 23.4. The molecule has 0 radical (unpaired) electrons. The molecule has 0 saturated carbocycles. The van der Waals surface area contributed by atoms with Gasteiger partial charge in [-0.1, -0.05) is 76.9 Å². The van der Waals surface area contributed by atoms with Gasteiger partial charge in [0.15, 0.2) is 0 Å². The number of benzene rings is 3.